The average molecular weight is 563 g/mol. The van der Waals surface area contributed by atoms with Crippen LogP contribution in [0, 0.1) is 5.92 Å². The smallest absolute Gasteiger partial charge is 0.457 e. The molecule has 212 valence electrons. The third-order valence-electron chi connectivity index (χ3n) is 5.65. The Morgan fingerprint density at radius 1 is 0.769 bits per heavy atom. The first-order valence-electron chi connectivity index (χ1n) is 11.7. The molecular formula is C27H25F8NO3. The summed E-state index contributed by atoms with van der Waals surface area (Å²) in [5.74, 6) is -5.52. The Morgan fingerprint density at radius 2 is 1.36 bits per heavy atom. The number of anilines is 1. The molecule has 12 heteroatoms. The van der Waals surface area contributed by atoms with Gasteiger partial charge in [0.15, 0.2) is 0 Å². The maximum absolute atomic E-state index is 13.9. The van der Waals surface area contributed by atoms with Crippen LogP contribution in [0.15, 0.2) is 72.8 Å². The number of hydrogen-bond acceptors (Lipinski definition) is 4. The molecule has 0 saturated carbocycles. The van der Waals surface area contributed by atoms with Crippen LogP contribution in [-0.2, 0) is 12.5 Å². The SMILES string of the molecule is CC(C)C(O)CN(Cc1cccc(C(F)(F)C(F)(F)F)c1)c1cccc(Oc2cccc(OC(F)(F)F)c2)c1. The molecule has 0 heterocycles. The Bertz CT molecular complexity index is 1240. The van der Waals surface area contributed by atoms with Gasteiger partial charge >= 0.3 is 18.5 Å². The lowest BCUT2D eigenvalue weighted by atomic mass is 10.0. The van der Waals surface area contributed by atoms with Gasteiger partial charge in [-0.05, 0) is 41.8 Å². The van der Waals surface area contributed by atoms with Crippen molar-refractivity contribution in [1.82, 2.24) is 0 Å². The molecule has 0 fully saturated rings. The van der Waals surface area contributed by atoms with Crippen molar-refractivity contribution < 1.29 is 49.7 Å². The zero-order chi connectivity index (χ0) is 29.0. The van der Waals surface area contributed by atoms with Gasteiger partial charge < -0.3 is 19.5 Å². The van der Waals surface area contributed by atoms with Crippen LogP contribution in [0.5, 0.6) is 17.2 Å². The van der Waals surface area contributed by atoms with E-state index in [2.05, 4.69) is 4.74 Å². The van der Waals surface area contributed by atoms with E-state index in [-0.39, 0.29) is 36.1 Å². The molecule has 1 N–H and O–H groups in total. The van der Waals surface area contributed by atoms with Gasteiger partial charge in [0, 0.05) is 36.5 Å². The zero-order valence-corrected chi connectivity index (χ0v) is 20.7. The molecular weight excluding hydrogens is 538 g/mol. The van der Waals surface area contributed by atoms with Crippen LogP contribution in [-0.4, -0.2) is 30.3 Å². The number of nitrogens with zero attached hydrogens (tertiary/aromatic N) is 1. The second-order valence-electron chi connectivity index (χ2n) is 9.09. The Balaban J connectivity index is 1.90. The third kappa shape index (κ3) is 8.22. The van der Waals surface area contributed by atoms with Crippen molar-refractivity contribution in [3.8, 4) is 17.2 Å². The van der Waals surface area contributed by atoms with E-state index in [9.17, 15) is 40.2 Å². The zero-order valence-electron chi connectivity index (χ0n) is 20.7. The van der Waals surface area contributed by atoms with Crippen molar-refractivity contribution in [2.24, 2.45) is 5.92 Å². The molecule has 0 aromatic heterocycles. The first kappa shape index (κ1) is 30.0. The molecule has 3 aromatic rings. The van der Waals surface area contributed by atoms with Crippen LogP contribution in [0.25, 0.3) is 0 Å². The molecule has 0 aliphatic carbocycles. The fraction of sp³-hybridized carbons (Fsp3) is 0.333. The monoisotopic (exact) mass is 563 g/mol. The topological polar surface area (TPSA) is 41.9 Å². The molecule has 0 bridgehead atoms. The largest absolute Gasteiger partial charge is 0.573 e. The Morgan fingerprint density at radius 3 is 1.97 bits per heavy atom. The van der Waals surface area contributed by atoms with Crippen molar-refractivity contribution in [2.45, 2.75) is 45.0 Å². The van der Waals surface area contributed by atoms with E-state index in [1.807, 2.05) is 0 Å². The van der Waals surface area contributed by atoms with Gasteiger partial charge in [0.1, 0.15) is 17.2 Å². The molecule has 39 heavy (non-hydrogen) atoms. The summed E-state index contributed by atoms with van der Waals surface area (Å²) in [7, 11) is 0. The average Bonchev–Trinajstić information content (AvgIpc) is 2.82. The van der Waals surface area contributed by atoms with E-state index in [1.165, 1.54) is 30.3 Å². The highest BCUT2D eigenvalue weighted by atomic mass is 19.4. The maximum Gasteiger partial charge on any atom is 0.573 e. The third-order valence-corrected chi connectivity index (χ3v) is 5.65. The molecule has 1 unspecified atom stereocenters. The molecule has 0 spiro atoms. The van der Waals surface area contributed by atoms with Crippen molar-refractivity contribution >= 4 is 5.69 Å². The van der Waals surface area contributed by atoms with Gasteiger partial charge in [0.2, 0.25) is 0 Å². The van der Waals surface area contributed by atoms with Crippen LogP contribution in [0.3, 0.4) is 0 Å². The molecule has 3 rings (SSSR count). The quantitative estimate of drug-likeness (QED) is 0.254. The maximum atomic E-state index is 13.9. The van der Waals surface area contributed by atoms with Gasteiger partial charge in [-0.1, -0.05) is 44.2 Å². The van der Waals surface area contributed by atoms with Gasteiger partial charge in [-0.2, -0.15) is 22.0 Å². The van der Waals surface area contributed by atoms with E-state index in [1.54, 1.807) is 30.9 Å². The minimum Gasteiger partial charge on any atom is -0.457 e. The fourth-order valence-electron chi connectivity index (χ4n) is 3.56. The van der Waals surface area contributed by atoms with Crippen LogP contribution in [0.2, 0.25) is 0 Å². The number of hydrogen-bond donors (Lipinski definition) is 1. The molecule has 0 aliphatic rings. The number of ether oxygens (including phenoxy) is 2. The lowest BCUT2D eigenvalue weighted by Crippen LogP contribution is -2.35. The predicted molar refractivity (Wildman–Crippen MR) is 128 cm³/mol. The van der Waals surface area contributed by atoms with Crippen LogP contribution < -0.4 is 14.4 Å². The molecule has 1 atom stereocenters. The van der Waals surface area contributed by atoms with Crippen LogP contribution >= 0.6 is 0 Å². The minimum absolute atomic E-state index is 0.00405. The predicted octanol–water partition coefficient (Wildman–Crippen LogP) is 8.06. The molecule has 0 amide bonds. The van der Waals surface area contributed by atoms with Crippen LogP contribution in [0.1, 0.15) is 25.0 Å². The summed E-state index contributed by atoms with van der Waals surface area (Å²) in [6, 6.07) is 15.0. The minimum atomic E-state index is -5.77. The summed E-state index contributed by atoms with van der Waals surface area (Å²) in [6.07, 6.45) is -11.5. The fourth-order valence-corrected chi connectivity index (χ4v) is 3.56. The number of alkyl halides is 8. The van der Waals surface area contributed by atoms with Gasteiger partial charge in [-0.3, -0.25) is 0 Å². The highest BCUT2D eigenvalue weighted by Crippen LogP contribution is 2.44. The standard InChI is InChI=1S/C27H25F8NO3/c1-17(2)24(37)16-36(15-18-6-3-7-19(12-18)25(28,29)26(30,31)32)20-8-4-9-21(13-20)38-22-10-5-11-23(14-22)39-27(33,34)35/h3-14,17,24,37H,15-16H2,1-2H3. The summed E-state index contributed by atoms with van der Waals surface area (Å²) < 4.78 is 114. The Hall–Kier alpha value is -3.54. The number of aliphatic hydroxyl groups is 1. The second kappa shape index (κ2) is 11.7. The van der Waals surface area contributed by atoms with Gasteiger partial charge in [0.25, 0.3) is 0 Å². The van der Waals surface area contributed by atoms with E-state index >= 15 is 0 Å². The first-order chi connectivity index (χ1) is 18.0. The number of rotatable bonds is 10. The summed E-state index contributed by atoms with van der Waals surface area (Å²) in [6.45, 7) is 3.37. The van der Waals surface area contributed by atoms with Crippen molar-refractivity contribution in [2.75, 3.05) is 11.4 Å². The van der Waals surface area contributed by atoms with Crippen LogP contribution in [0.4, 0.5) is 40.8 Å². The Labute approximate surface area is 219 Å². The van der Waals surface area contributed by atoms with Gasteiger partial charge in [-0.25, -0.2) is 0 Å². The molecule has 0 aliphatic heterocycles. The van der Waals surface area contributed by atoms with Gasteiger partial charge in [-0.15, -0.1) is 13.2 Å². The number of benzene rings is 3. The number of aliphatic hydroxyl groups excluding tert-OH is 1. The van der Waals surface area contributed by atoms with E-state index in [0.29, 0.717) is 11.8 Å². The summed E-state index contributed by atoms with van der Waals surface area (Å²) in [5.41, 5.74) is -0.659. The molecule has 0 radical (unpaired) electrons. The first-order valence-corrected chi connectivity index (χ1v) is 11.7. The van der Waals surface area contributed by atoms with E-state index in [0.717, 1.165) is 24.3 Å². The highest BCUT2D eigenvalue weighted by Gasteiger charge is 2.58. The van der Waals surface area contributed by atoms with Crippen molar-refractivity contribution in [3.05, 3.63) is 83.9 Å². The second-order valence-corrected chi connectivity index (χ2v) is 9.09. The molecule has 0 saturated heterocycles. The van der Waals surface area contributed by atoms with Crippen molar-refractivity contribution in [1.29, 1.82) is 0 Å². The van der Waals surface area contributed by atoms with E-state index < -0.39 is 35.9 Å². The lowest BCUT2D eigenvalue weighted by Gasteiger charge is -2.30. The Kier molecular flexibility index (Phi) is 8.99. The lowest BCUT2D eigenvalue weighted by molar-refractivity contribution is -0.289. The summed E-state index contributed by atoms with van der Waals surface area (Å²) >= 11 is 0. The number of halogens is 8. The highest BCUT2D eigenvalue weighted by molar-refractivity contribution is 5.52. The normalized spacial score (nSPS) is 13.3. The molecule has 4 nitrogen and oxygen atoms in total. The van der Waals surface area contributed by atoms with Crippen molar-refractivity contribution in [3.63, 3.8) is 0 Å². The summed E-state index contributed by atoms with van der Waals surface area (Å²) in [5, 5.41) is 10.5. The van der Waals surface area contributed by atoms with E-state index in [4.69, 9.17) is 4.74 Å². The summed E-state index contributed by atoms with van der Waals surface area (Å²) in [4.78, 5) is 1.57. The van der Waals surface area contributed by atoms with Gasteiger partial charge in [0.05, 0.1) is 6.10 Å². The molecule has 3 aromatic carbocycles.